The van der Waals surface area contributed by atoms with Crippen LogP contribution in [0.4, 0.5) is 5.82 Å². The van der Waals surface area contributed by atoms with Crippen LogP contribution in [0.25, 0.3) is 10.9 Å². The van der Waals surface area contributed by atoms with Crippen LogP contribution in [0.3, 0.4) is 0 Å². The summed E-state index contributed by atoms with van der Waals surface area (Å²) in [6.07, 6.45) is 4.33. The van der Waals surface area contributed by atoms with Gasteiger partial charge < -0.3 is 25.7 Å². The summed E-state index contributed by atoms with van der Waals surface area (Å²) in [5, 5.41) is 10.6. The number of ether oxygens (including phenoxy) is 1. The summed E-state index contributed by atoms with van der Waals surface area (Å²) >= 11 is 0. The number of aromatic amines is 1. The quantitative estimate of drug-likeness (QED) is 0.203. The Morgan fingerprint density at radius 1 is 1.05 bits per heavy atom. The first-order chi connectivity index (χ1) is 18.4. The van der Waals surface area contributed by atoms with Gasteiger partial charge in [-0.3, -0.25) is 14.2 Å². The van der Waals surface area contributed by atoms with Crippen molar-refractivity contribution in [3.05, 3.63) is 93.2 Å². The molecule has 0 atom stereocenters. The van der Waals surface area contributed by atoms with E-state index in [1.54, 1.807) is 20.2 Å². The second-order valence-corrected chi connectivity index (χ2v) is 9.43. The van der Waals surface area contributed by atoms with Crippen molar-refractivity contribution in [3.8, 4) is 0 Å². The summed E-state index contributed by atoms with van der Waals surface area (Å²) in [6, 6.07) is 14.4. The Bertz CT molecular complexity index is 1440. The van der Waals surface area contributed by atoms with Crippen molar-refractivity contribution in [2.45, 2.75) is 39.9 Å². The van der Waals surface area contributed by atoms with E-state index in [2.05, 4.69) is 50.2 Å². The van der Waals surface area contributed by atoms with Gasteiger partial charge in [0.1, 0.15) is 6.54 Å². The van der Waals surface area contributed by atoms with Gasteiger partial charge in [-0.05, 0) is 54.7 Å². The smallest absolute Gasteiger partial charge is 0.293 e. The predicted molar refractivity (Wildman–Crippen MR) is 150 cm³/mol. The Kier molecular flexibility index (Phi) is 9.29. The zero-order chi connectivity index (χ0) is 26.9. The second kappa shape index (κ2) is 13.0. The van der Waals surface area contributed by atoms with E-state index in [1.807, 2.05) is 31.3 Å². The van der Waals surface area contributed by atoms with Crippen molar-refractivity contribution in [2.24, 2.45) is 0 Å². The number of carbonyl (C=O) groups is 1. The highest BCUT2D eigenvalue weighted by Gasteiger charge is 2.12. The summed E-state index contributed by atoms with van der Waals surface area (Å²) in [5.74, 6) is 0.0170. The van der Waals surface area contributed by atoms with Gasteiger partial charge in [-0.2, -0.15) is 0 Å². The zero-order valence-corrected chi connectivity index (χ0v) is 22.3. The highest BCUT2D eigenvalue weighted by molar-refractivity contribution is 5.83. The first-order valence-corrected chi connectivity index (χ1v) is 12.9. The molecule has 2 aromatic heterocycles. The van der Waals surface area contributed by atoms with Crippen LogP contribution < -0.4 is 21.5 Å². The lowest BCUT2D eigenvalue weighted by Crippen LogP contribution is -2.34. The molecule has 9 heteroatoms. The minimum absolute atomic E-state index is 0.0641. The highest BCUT2D eigenvalue weighted by Crippen LogP contribution is 2.18. The average Bonchev–Trinajstić information content (AvgIpc) is 3.29. The van der Waals surface area contributed by atoms with Crippen LogP contribution in [0, 0.1) is 13.8 Å². The molecule has 9 nitrogen and oxygen atoms in total. The molecule has 4 N–H and O–H groups in total. The van der Waals surface area contributed by atoms with Crippen molar-refractivity contribution in [1.29, 1.82) is 0 Å². The van der Waals surface area contributed by atoms with Gasteiger partial charge in [0.15, 0.2) is 5.82 Å². The summed E-state index contributed by atoms with van der Waals surface area (Å²) < 4.78 is 6.52. The number of aromatic nitrogens is 3. The number of H-pyrrole nitrogens is 1. The van der Waals surface area contributed by atoms with Crippen molar-refractivity contribution < 1.29 is 9.53 Å². The highest BCUT2D eigenvalue weighted by atomic mass is 16.5. The SMILES string of the molecule is COCCNCc1cccc(CCNc2ncc(C)n(CC(=O)NCc3ccc4[nH]cc(C)c4c3)c2=O)c1. The summed E-state index contributed by atoms with van der Waals surface area (Å²) in [6.45, 7) is 6.96. The maximum Gasteiger partial charge on any atom is 0.293 e. The van der Waals surface area contributed by atoms with Crippen molar-refractivity contribution in [1.82, 2.24) is 25.2 Å². The van der Waals surface area contributed by atoms with Gasteiger partial charge in [-0.25, -0.2) is 4.98 Å². The van der Waals surface area contributed by atoms with E-state index in [0.717, 1.165) is 41.5 Å². The Balaban J connectivity index is 1.31. The Morgan fingerprint density at radius 3 is 2.71 bits per heavy atom. The van der Waals surface area contributed by atoms with Gasteiger partial charge in [-0.15, -0.1) is 0 Å². The van der Waals surface area contributed by atoms with Crippen LogP contribution in [0.2, 0.25) is 0 Å². The third-order valence-electron chi connectivity index (χ3n) is 6.51. The number of methoxy groups -OCH3 is 1. The molecule has 1 amide bonds. The fourth-order valence-corrected chi connectivity index (χ4v) is 4.33. The van der Waals surface area contributed by atoms with Crippen LogP contribution >= 0.6 is 0 Å². The molecule has 0 aliphatic heterocycles. The van der Waals surface area contributed by atoms with Crippen molar-refractivity contribution in [2.75, 3.05) is 32.1 Å². The van der Waals surface area contributed by atoms with E-state index >= 15 is 0 Å². The van der Waals surface area contributed by atoms with Gasteiger partial charge in [0.25, 0.3) is 5.56 Å². The molecule has 4 rings (SSSR count). The number of anilines is 1. The maximum absolute atomic E-state index is 13.1. The largest absolute Gasteiger partial charge is 0.383 e. The molecule has 4 aromatic rings. The molecule has 200 valence electrons. The molecule has 0 bridgehead atoms. The lowest BCUT2D eigenvalue weighted by Gasteiger charge is -2.13. The molecule has 0 aliphatic carbocycles. The van der Waals surface area contributed by atoms with Crippen molar-refractivity contribution >= 4 is 22.6 Å². The fourth-order valence-electron chi connectivity index (χ4n) is 4.33. The average molecular weight is 517 g/mol. The summed E-state index contributed by atoms with van der Waals surface area (Å²) in [5.41, 5.74) is 5.93. The van der Waals surface area contributed by atoms with Gasteiger partial charge in [0.2, 0.25) is 5.91 Å². The second-order valence-electron chi connectivity index (χ2n) is 9.43. The van der Waals surface area contributed by atoms with Crippen LogP contribution in [0.5, 0.6) is 0 Å². The normalized spacial score (nSPS) is 11.1. The molecule has 38 heavy (non-hydrogen) atoms. The van der Waals surface area contributed by atoms with Crippen LogP contribution in [0.1, 0.15) is 27.9 Å². The first kappa shape index (κ1) is 27.1. The van der Waals surface area contributed by atoms with Gasteiger partial charge >= 0.3 is 0 Å². The number of fused-ring (bicyclic) bond motifs is 1. The molecule has 0 saturated heterocycles. The van der Waals surface area contributed by atoms with E-state index in [-0.39, 0.29) is 23.8 Å². The number of rotatable bonds is 13. The van der Waals surface area contributed by atoms with E-state index in [1.165, 1.54) is 15.7 Å². The van der Waals surface area contributed by atoms with E-state index < -0.39 is 0 Å². The Morgan fingerprint density at radius 2 is 1.87 bits per heavy atom. The number of amides is 1. The number of nitrogens with one attached hydrogen (secondary N) is 4. The van der Waals surface area contributed by atoms with Gasteiger partial charge in [0, 0.05) is 62.3 Å². The lowest BCUT2D eigenvalue weighted by atomic mass is 10.1. The number of hydrogen-bond acceptors (Lipinski definition) is 6. The molecular weight excluding hydrogens is 480 g/mol. The van der Waals surface area contributed by atoms with Crippen LogP contribution in [-0.2, 0) is 35.6 Å². The van der Waals surface area contributed by atoms with Gasteiger partial charge in [-0.1, -0.05) is 30.3 Å². The van der Waals surface area contributed by atoms with Gasteiger partial charge in [0.05, 0.1) is 6.61 Å². The monoisotopic (exact) mass is 516 g/mol. The number of nitrogens with zero attached hydrogens (tertiary/aromatic N) is 2. The molecule has 0 fully saturated rings. The molecular formula is C29H36N6O3. The minimum Gasteiger partial charge on any atom is -0.383 e. The molecule has 0 spiro atoms. The number of carbonyl (C=O) groups excluding carboxylic acids is 1. The van der Waals surface area contributed by atoms with E-state index in [4.69, 9.17) is 4.74 Å². The van der Waals surface area contributed by atoms with Crippen LogP contribution in [-0.4, -0.2) is 47.2 Å². The molecule has 0 saturated carbocycles. The van der Waals surface area contributed by atoms with Crippen LogP contribution in [0.15, 0.2) is 59.7 Å². The zero-order valence-electron chi connectivity index (χ0n) is 22.3. The number of benzene rings is 2. The third-order valence-corrected chi connectivity index (χ3v) is 6.51. The Labute approximate surface area is 222 Å². The predicted octanol–water partition coefficient (Wildman–Crippen LogP) is 3.05. The number of hydrogen-bond donors (Lipinski definition) is 4. The maximum atomic E-state index is 13.1. The standard InChI is InChI=1S/C29H36N6O3/c1-20-15-32-26-8-7-24(14-25(20)26)18-33-27(36)19-35-21(2)16-34-28(29(35)37)31-10-9-22-5-4-6-23(13-22)17-30-11-12-38-3/h4-8,13-16,30,32H,9-12,17-19H2,1-3H3,(H,31,34)(H,33,36). The molecule has 0 radical (unpaired) electrons. The summed E-state index contributed by atoms with van der Waals surface area (Å²) in [4.78, 5) is 33.3. The van der Waals surface area contributed by atoms with E-state index in [0.29, 0.717) is 25.4 Å². The fraction of sp³-hybridized carbons (Fsp3) is 0.345. The summed E-state index contributed by atoms with van der Waals surface area (Å²) in [7, 11) is 1.69. The molecule has 0 unspecified atom stereocenters. The number of aryl methyl sites for hydroxylation is 2. The third kappa shape index (κ3) is 7.08. The minimum atomic E-state index is -0.305. The molecule has 0 aliphatic rings. The molecule has 2 heterocycles. The molecule has 2 aromatic carbocycles. The Hall–Kier alpha value is -3.95. The van der Waals surface area contributed by atoms with Crippen molar-refractivity contribution in [3.63, 3.8) is 0 Å². The lowest BCUT2D eigenvalue weighted by molar-refractivity contribution is -0.121. The van der Waals surface area contributed by atoms with E-state index in [9.17, 15) is 9.59 Å². The topological polar surface area (TPSA) is 113 Å². The first-order valence-electron chi connectivity index (χ1n) is 12.9.